The molecule has 2 aliphatic heterocycles. The van der Waals surface area contributed by atoms with Crippen LogP contribution in [0.15, 0.2) is 18.5 Å². The molecule has 1 N–H and O–H groups in total. The predicted molar refractivity (Wildman–Crippen MR) is 85.1 cm³/mol. The van der Waals surface area contributed by atoms with Crippen LogP contribution in [-0.4, -0.2) is 71.0 Å². The zero-order valence-electron chi connectivity index (χ0n) is 13.9. The molecule has 3 heterocycles. The molecule has 2 fully saturated rings. The first kappa shape index (κ1) is 16.9. The van der Waals surface area contributed by atoms with E-state index in [1.54, 1.807) is 11.1 Å². The van der Waals surface area contributed by atoms with Crippen molar-refractivity contribution in [3.63, 3.8) is 0 Å². The van der Waals surface area contributed by atoms with Gasteiger partial charge in [-0.3, -0.25) is 14.3 Å². The number of ether oxygens (including phenoxy) is 2. The Labute approximate surface area is 141 Å². The highest BCUT2D eigenvalue weighted by atomic mass is 16.6. The molecule has 2 saturated heterocycles. The molecular formula is C16H24N4O4. The van der Waals surface area contributed by atoms with Crippen LogP contribution in [-0.2, 0) is 25.6 Å². The van der Waals surface area contributed by atoms with Crippen LogP contribution in [0.1, 0.15) is 19.8 Å². The lowest BCUT2D eigenvalue weighted by Gasteiger charge is -2.32. The summed E-state index contributed by atoms with van der Waals surface area (Å²) in [4.78, 5) is 25.1. The van der Waals surface area contributed by atoms with E-state index in [4.69, 9.17) is 9.47 Å². The van der Waals surface area contributed by atoms with Gasteiger partial charge >= 0.3 is 0 Å². The fourth-order valence-electron chi connectivity index (χ4n) is 3.29. The van der Waals surface area contributed by atoms with Gasteiger partial charge < -0.3 is 19.7 Å². The second kappa shape index (κ2) is 7.31. The van der Waals surface area contributed by atoms with Gasteiger partial charge in [0.05, 0.1) is 39.0 Å². The van der Waals surface area contributed by atoms with Crippen molar-refractivity contribution >= 4 is 11.8 Å². The molecule has 132 valence electrons. The number of hydrogen-bond acceptors (Lipinski definition) is 5. The Hall–Kier alpha value is -1.93. The molecule has 0 unspecified atom stereocenters. The summed E-state index contributed by atoms with van der Waals surface area (Å²) in [6.45, 7) is 4.12. The van der Waals surface area contributed by atoms with Crippen molar-refractivity contribution in [1.82, 2.24) is 20.0 Å². The Morgan fingerprint density at radius 3 is 3.08 bits per heavy atom. The SMILES string of the molecule is CC(=O)NCC(=O)N1CCOC[C@]2(CC[C@H](Cn3cccn3)O2)C1. The second-order valence-electron chi connectivity index (χ2n) is 6.47. The minimum absolute atomic E-state index is 0.0160. The van der Waals surface area contributed by atoms with Crippen LogP contribution < -0.4 is 5.32 Å². The molecule has 1 spiro atoms. The average molecular weight is 336 g/mol. The molecule has 2 atom stereocenters. The molecule has 1 aromatic rings. The summed E-state index contributed by atoms with van der Waals surface area (Å²) in [7, 11) is 0. The Morgan fingerprint density at radius 2 is 2.33 bits per heavy atom. The summed E-state index contributed by atoms with van der Waals surface area (Å²) in [6, 6.07) is 1.89. The predicted octanol–water partition coefficient (Wildman–Crippen LogP) is -0.204. The van der Waals surface area contributed by atoms with Crippen molar-refractivity contribution in [2.45, 2.75) is 38.0 Å². The lowest BCUT2D eigenvalue weighted by molar-refractivity contribution is -0.137. The third kappa shape index (κ3) is 4.12. The fraction of sp³-hybridized carbons (Fsp3) is 0.688. The highest BCUT2D eigenvalue weighted by Crippen LogP contribution is 2.33. The number of amides is 2. The van der Waals surface area contributed by atoms with E-state index < -0.39 is 5.60 Å². The van der Waals surface area contributed by atoms with E-state index in [9.17, 15) is 9.59 Å². The van der Waals surface area contributed by atoms with Crippen molar-refractivity contribution in [2.75, 3.05) is 32.8 Å². The number of nitrogens with one attached hydrogen (secondary N) is 1. The molecule has 0 saturated carbocycles. The van der Waals surface area contributed by atoms with Crippen LogP contribution in [0.5, 0.6) is 0 Å². The summed E-state index contributed by atoms with van der Waals surface area (Å²) in [5, 5.41) is 6.77. The van der Waals surface area contributed by atoms with Gasteiger partial charge in [-0.25, -0.2) is 0 Å². The number of nitrogens with zero attached hydrogens (tertiary/aromatic N) is 3. The van der Waals surface area contributed by atoms with E-state index >= 15 is 0 Å². The molecule has 0 radical (unpaired) electrons. The normalized spacial score (nSPS) is 27.2. The molecule has 0 bridgehead atoms. The summed E-state index contributed by atoms with van der Waals surface area (Å²) >= 11 is 0. The van der Waals surface area contributed by atoms with E-state index in [1.165, 1.54) is 6.92 Å². The van der Waals surface area contributed by atoms with Crippen molar-refractivity contribution in [1.29, 1.82) is 0 Å². The smallest absolute Gasteiger partial charge is 0.242 e. The molecule has 2 aliphatic rings. The van der Waals surface area contributed by atoms with Crippen LogP contribution in [0.4, 0.5) is 0 Å². The van der Waals surface area contributed by atoms with Crippen molar-refractivity contribution < 1.29 is 19.1 Å². The largest absolute Gasteiger partial charge is 0.377 e. The van der Waals surface area contributed by atoms with Gasteiger partial charge in [-0.1, -0.05) is 0 Å². The summed E-state index contributed by atoms with van der Waals surface area (Å²) in [6.07, 6.45) is 5.50. The maximum atomic E-state index is 12.3. The molecule has 8 nitrogen and oxygen atoms in total. The Balaban J connectivity index is 1.60. The van der Waals surface area contributed by atoms with Crippen molar-refractivity contribution in [2.24, 2.45) is 0 Å². The molecule has 24 heavy (non-hydrogen) atoms. The average Bonchev–Trinajstić information content (AvgIpc) is 3.13. The second-order valence-corrected chi connectivity index (χ2v) is 6.47. The van der Waals surface area contributed by atoms with Gasteiger partial charge in [0, 0.05) is 25.9 Å². The van der Waals surface area contributed by atoms with Crippen molar-refractivity contribution in [3.8, 4) is 0 Å². The number of carbonyl (C=O) groups is 2. The summed E-state index contributed by atoms with van der Waals surface area (Å²) < 4.78 is 13.8. The van der Waals surface area contributed by atoms with E-state index in [-0.39, 0.29) is 24.5 Å². The molecule has 8 heteroatoms. The van der Waals surface area contributed by atoms with E-state index in [0.29, 0.717) is 32.8 Å². The number of carbonyl (C=O) groups excluding carboxylic acids is 2. The van der Waals surface area contributed by atoms with Gasteiger partial charge in [-0.05, 0) is 18.9 Å². The minimum Gasteiger partial charge on any atom is -0.377 e. The van der Waals surface area contributed by atoms with Gasteiger partial charge in [0.2, 0.25) is 11.8 Å². The number of hydrogen-bond donors (Lipinski definition) is 1. The van der Waals surface area contributed by atoms with E-state index in [1.807, 2.05) is 16.9 Å². The maximum Gasteiger partial charge on any atom is 0.242 e. The van der Waals surface area contributed by atoms with E-state index in [0.717, 1.165) is 12.8 Å². The van der Waals surface area contributed by atoms with Crippen LogP contribution >= 0.6 is 0 Å². The van der Waals surface area contributed by atoms with Crippen LogP contribution in [0.2, 0.25) is 0 Å². The standard InChI is InChI=1S/C16H24N4O4/c1-13(21)17-9-15(22)19-7-8-23-12-16(11-19)4-3-14(24-16)10-20-6-2-5-18-20/h2,5-6,14H,3-4,7-12H2,1H3,(H,17,21)/t14-,16+/m1/s1. The molecule has 0 aromatic carbocycles. The first-order valence-corrected chi connectivity index (χ1v) is 8.32. The van der Waals surface area contributed by atoms with E-state index in [2.05, 4.69) is 10.4 Å². The topological polar surface area (TPSA) is 85.7 Å². The maximum absolute atomic E-state index is 12.3. The molecule has 0 aliphatic carbocycles. The Kier molecular flexibility index (Phi) is 5.15. The summed E-state index contributed by atoms with van der Waals surface area (Å²) in [5.41, 5.74) is -0.458. The van der Waals surface area contributed by atoms with Crippen molar-refractivity contribution in [3.05, 3.63) is 18.5 Å². The molecular weight excluding hydrogens is 312 g/mol. The third-order valence-electron chi connectivity index (χ3n) is 4.48. The van der Waals surface area contributed by atoms with Crippen LogP contribution in [0.3, 0.4) is 0 Å². The quantitative estimate of drug-likeness (QED) is 0.823. The van der Waals surface area contributed by atoms with Gasteiger partial charge in [0.25, 0.3) is 0 Å². The van der Waals surface area contributed by atoms with Gasteiger partial charge in [-0.15, -0.1) is 0 Å². The first-order chi connectivity index (χ1) is 11.6. The number of aromatic nitrogens is 2. The molecule has 1 aromatic heterocycles. The zero-order valence-corrected chi connectivity index (χ0v) is 13.9. The minimum atomic E-state index is -0.458. The highest BCUT2D eigenvalue weighted by Gasteiger charge is 2.44. The van der Waals surface area contributed by atoms with Gasteiger partial charge in [-0.2, -0.15) is 5.10 Å². The third-order valence-corrected chi connectivity index (χ3v) is 4.48. The Bertz CT molecular complexity index is 577. The lowest BCUT2D eigenvalue weighted by Crippen LogP contribution is -2.49. The Morgan fingerprint density at radius 1 is 1.46 bits per heavy atom. The summed E-state index contributed by atoms with van der Waals surface area (Å²) in [5.74, 6) is -0.310. The lowest BCUT2D eigenvalue weighted by atomic mass is 10.00. The monoisotopic (exact) mass is 336 g/mol. The zero-order chi connectivity index (χ0) is 17.0. The van der Waals surface area contributed by atoms with Crippen LogP contribution in [0, 0.1) is 0 Å². The van der Waals surface area contributed by atoms with Crippen LogP contribution in [0.25, 0.3) is 0 Å². The number of rotatable bonds is 4. The fourth-order valence-corrected chi connectivity index (χ4v) is 3.29. The first-order valence-electron chi connectivity index (χ1n) is 8.32. The highest BCUT2D eigenvalue weighted by molar-refractivity contribution is 5.83. The van der Waals surface area contributed by atoms with Gasteiger partial charge in [0.1, 0.15) is 5.60 Å². The molecule has 2 amide bonds. The molecule has 3 rings (SSSR count). The van der Waals surface area contributed by atoms with Gasteiger partial charge in [0.15, 0.2) is 0 Å².